The average Bonchev–Trinajstić information content (AvgIpc) is 3.53. The van der Waals surface area contributed by atoms with Gasteiger partial charge in [-0.25, -0.2) is 4.79 Å². The standard InChI is InChI=1S/C23H32N4O2S/c28-23(29-18-17-26-14-6-7-15-26)27-16-8-12-20(27)22-25-24-21(30-22)13-5-4-11-19-9-2-1-3-10-19/h1-3,9-10,20H,4-8,11-18H2. The topological polar surface area (TPSA) is 58.6 Å². The van der Waals surface area contributed by atoms with E-state index in [1.807, 2.05) is 4.90 Å². The average molecular weight is 429 g/mol. The van der Waals surface area contributed by atoms with E-state index in [4.69, 9.17) is 4.74 Å². The van der Waals surface area contributed by atoms with Crippen LogP contribution in [-0.2, 0) is 17.6 Å². The van der Waals surface area contributed by atoms with Gasteiger partial charge in [-0.15, -0.1) is 10.2 Å². The minimum absolute atomic E-state index is 0.0276. The molecule has 4 rings (SSSR count). The van der Waals surface area contributed by atoms with Crippen molar-refractivity contribution in [3.63, 3.8) is 0 Å². The van der Waals surface area contributed by atoms with Crippen LogP contribution in [0, 0.1) is 0 Å². The summed E-state index contributed by atoms with van der Waals surface area (Å²) in [6.45, 7) is 4.33. The summed E-state index contributed by atoms with van der Waals surface area (Å²) < 4.78 is 5.57. The van der Waals surface area contributed by atoms with Gasteiger partial charge in [0.25, 0.3) is 0 Å². The molecule has 6 nitrogen and oxygen atoms in total. The molecule has 2 aromatic rings. The Morgan fingerprint density at radius 1 is 1.03 bits per heavy atom. The van der Waals surface area contributed by atoms with Crippen molar-refractivity contribution in [1.29, 1.82) is 0 Å². The Bertz CT molecular complexity index is 792. The Morgan fingerprint density at radius 3 is 2.67 bits per heavy atom. The van der Waals surface area contributed by atoms with E-state index in [1.54, 1.807) is 11.3 Å². The molecule has 30 heavy (non-hydrogen) atoms. The van der Waals surface area contributed by atoms with Gasteiger partial charge in [0.1, 0.15) is 16.6 Å². The van der Waals surface area contributed by atoms with Gasteiger partial charge in [-0.1, -0.05) is 41.7 Å². The molecule has 0 radical (unpaired) electrons. The van der Waals surface area contributed by atoms with Crippen molar-refractivity contribution in [2.24, 2.45) is 0 Å². The number of unbranched alkanes of at least 4 members (excludes halogenated alkanes) is 1. The maximum Gasteiger partial charge on any atom is 0.410 e. The quantitative estimate of drug-likeness (QED) is 0.552. The first-order chi connectivity index (χ1) is 14.8. The third kappa shape index (κ3) is 5.79. The van der Waals surface area contributed by atoms with Gasteiger partial charge in [-0.2, -0.15) is 0 Å². The van der Waals surface area contributed by atoms with Gasteiger partial charge in [0.05, 0.1) is 6.04 Å². The maximum absolute atomic E-state index is 12.6. The van der Waals surface area contributed by atoms with Crippen molar-refractivity contribution < 1.29 is 9.53 Å². The number of carbonyl (C=O) groups excluding carboxylic acids is 1. The highest BCUT2D eigenvalue weighted by Crippen LogP contribution is 2.34. The summed E-state index contributed by atoms with van der Waals surface area (Å²) in [4.78, 5) is 16.8. The molecular formula is C23H32N4O2S. The molecule has 1 unspecified atom stereocenters. The van der Waals surface area contributed by atoms with Crippen molar-refractivity contribution in [3.8, 4) is 0 Å². The molecule has 0 aliphatic carbocycles. The summed E-state index contributed by atoms with van der Waals surface area (Å²) in [6.07, 6.45) is 8.58. The minimum Gasteiger partial charge on any atom is -0.448 e. The van der Waals surface area contributed by atoms with Crippen LogP contribution >= 0.6 is 11.3 Å². The first kappa shape index (κ1) is 21.2. The lowest BCUT2D eigenvalue weighted by Gasteiger charge is -2.23. The number of hydrogen-bond donors (Lipinski definition) is 0. The third-order valence-electron chi connectivity index (χ3n) is 6.04. The molecule has 1 aromatic carbocycles. The number of hydrogen-bond acceptors (Lipinski definition) is 6. The largest absolute Gasteiger partial charge is 0.448 e. The van der Waals surface area contributed by atoms with E-state index in [1.165, 1.54) is 18.4 Å². The molecule has 2 aliphatic rings. The Labute approximate surface area is 183 Å². The zero-order chi connectivity index (χ0) is 20.6. The van der Waals surface area contributed by atoms with E-state index in [2.05, 4.69) is 45.4 Å². The molecule has 1 atom stereocenters. The van der Waals surface area contributed by atoms with Gasteiger partial charge in [0, 0.05) is 19.5 Å². The SMILES string of the molecule is O=C(OCCN1CCCC1)N1CCCC1c1nnc(CCCCc2ccccc2)s1. The van der Waals surface area contributed by atoms with Crippen molar-refractivity contribution in [1.82, 2.24) is 20.0 Å². The lowest BCUT2D eigenvalue weighted by molar-refractivity contribution is 0.0894. The van der Waals surface area contributed by atoms with Crippen molar-refractivity contribution in [2.45, 2.75) is 57.4 Å². The monoisotopic (exact) mass is 428 g/mol. The third-order valence-corrected chi connectivity index (χ3v) is 7.12. The number of nitrogens with zero attached hydrogens (tertiary/aromatic N) is 4. The molecule has 2 aliphatic heterocycles. The van der Waals surface area contributed by atoms with Crippen LogP contribution in [0.15, 0.2) is 30.3 Å². The normalized spacial score (nSPS) is 19.5. The van der Waals surface area contributed by atoms with E-state index in [9.17, 15) is 4.79 Å². The summed E-state index contributed by atoms with van der Waals surface area (Å²) >= 11 is 1.66. The summed E-state index contributed by atoms with van der Waals surface area (Å²) in [6, 6.07) is 10.6. The van der Waals surface area contributed by atoms with Crippen molar-refractivity contribution >= 4 is 17.4 Å². The van der Waals surface area contributed by atoms with E-state index >= 15 is 0 Å². The van der Waals surface area contributed by atoms with E-state index in [-0.39, 0.29) is 12.1 Å². The Balaban J connectivity index is 1.21. The fraction of sp³-hybridized carbons (Fsp3) is 0.609. The molecule has 2 saturated heterocycles. The number of aryl methyl sites for hydroxylation is 2. The fourth-order valence-electron chi connectivity index (χ4n) is 4.35. The first-order valence-corrected chi connectivity index (χ1v) is 12.1. The molecule has 0 saturated carbocycles. The summed E-state index contributed by atoms with van der Waals surface area (Å²) in [5.41, 5.74) is 1.39. The zero-order valence-corrected chi connectivity index (χ0v) is 18.5. The van der Waals surface area contributed by atoms with Gasteiger partial charge in [-0.3, -0.25) is 9.80 Å². The molecule has 0 bridgehead atoms. The van der Waals surface area contributed by atoms with Gasteiger partial charge < -0.3 is 4.74 Å². The number of likely N-dealkylation sites (tertiary alicyclic amines) is 2. The van der Waals surface area contributed by atoms with Crippen molar-refractivity contribution in [2.75, 3.05) is 32.8 Å². The lowest BCUT2D eigenvalue weighted by Crippen LogP contribution is -2.33. The first-order valence-electron chi connectivity index (χ1n) is 11.3. The summed E-state index contributed by atoms with van der Waals surface area (Å²) in [5, 5.41) is 10.9. The highest BCUT2D eigenvalue weighted by Gasteiger charge is 2.33. The van der Waals surface area contributed by atoms with E-state index < -0.39 is 0 Å². The highest BCUT2D eigenvalue weighted by atomic mass is 32.1. The molecular weight excluding hydrogens is 396 g/mol. The van der Waals surface area contributed by atoms with Crippen LogP contribution in [0.1, 0.15) is 60.1 Å². The Kier molecular flexibility index (Phi) is 7.70. The van der Waals surface area contributed by atoms with Crippen LogP contribution in [-0.4, -0.2) is 58.9 Å². The predicted molar refractivity (Wildman–Crippen MR) is 119 cm³/mol. The van der Waals surface area contributed by atoms with Crippen LogP contribution in [0.2, 0.25) is 0 Å². The number of carbonyl (C=O) groups is 1. The molecule has 0 spiro atoms. The van der Waals surface area contributed by atoms with Crippen LogP contribution in [0.5, 0.6) is 0 Å². The predicted octanol–water partition coefficient (Wildman–Crippen LogP) is 4.47. The molecule has 162 valence electrons. The van der Waals surface area contributed by atoms with Crippen LogP contribution in [0.25, 0.3) is 0 Å². The molecule has 3 heterocycles. The molecule has 0 N–H and O–H groups in total. The highest BCUT2D eigenvalue weighted by molar-refractivity contribution is 7.11. The molecule has 1 aromatic heterocycles. The van der Waals surface area contributed by atoms with Crippen LogP contribution in [0.3, 0.4) is 0 Å². The Morgan fingerprint density at radius 2 is 1.83 bits per heavy atom. The van der Waals surface area contributed by atoms with Crippen molar-refractivity contribution in [3.05, 3.63) is 45.9 Å². The van der Waals surface area contributed by atoms with Crippen LogP contribution in [0.4, 0.5) is 4.79 Å². The molecule has 1 amide bonds. The fourth-order valence-corrected chi connectivity index (χ4v) is 5.38. The van der Waals surface area contributed by atoms with Gasteiger partial charge in [-0.05, 0) is 63.6 Å². The number of benzene rings is 1. The minimum atomic E-state index is -0.198. The van der Waals surface area contributed by atoms with E-state index in [0.717, 1.165) is 74.7 Å². The second kappa shape index (κ2) is 10.9. The number of amides is 1. The number of aromatic nitrogens is 2. The second-order valence-electron chi connectivity index (χ2n) is 8.24. The zero-order valence-electron chi connectivity index (χ0n) is 17.7. The van der Waals surface area contributed by atoms with Gasteiger partial charge >= 0.3 is 6.09 Å². The molecule has 7 heteroatoms. The molecule has 2 fully saturated rings. The van der Waals surface area contributed by atoms with E-state index in [0.29, 0.717) is 6.61 Å². The van der Waals surface area contributed by atoms with Crippen LogP contribution < -0.4 is 0 Å². The Hall–Kier alpha value is -1.99. The lowest BCUT2D eigenvalue weighted by atomic mass is 10.1. The van der Waals surface area contributed by atoms with Gasteiger partial charge in [0.15, 0.2) is 0 Å². The summed E-state index contributed by atoms with van der Waals surface area (Å²) in [5.74, 6) is 0. The second-order valence-corrected chi connectivity index (χ2v) is 9.33. The maximum atomic E-state index is 12.6. The number of ether oxygens (including phenoxy) is 1. The van der Waals surface area contributed by atoms with Gasteiger partial charge in [0.2, 0.25) is 0 Å². The summed E-state index contributed by atoms with van der Waals surface area (Å²) in [7, 11) is 0. The number of rotatable bonds is 9. The smallest absolute Gasteiger partial charge is 0.410 e.